The first-order chi connectivity index (χ1) is 28.7. The Morgan fingerprint density at radius 3 is 1.86 bits per heavy atom. The number of furan rings is 1. The highest BCUT2D eigenvalue weighted by Gasteiger charge is 2.29. The van der Waals surface area contributed by atoms with Gasteiger partial charge in [0.25, 0.3) is 0 Å². The molecule has 58 heavy (non-hydrogen) atoms. The van der Waals surface area contributed by atoms with Crippen LogP contribution in [0.2, 0.25) is 0 Å². The Balaban J connectivity index is 0.991. The van der Waals surface area contributed by atoms with E-state index in [0.717, 1.165) is 60.5 Å². The Hall–Kier alpha value is -7.27. The van der Waals surface area contributed by atoms with Gasteiger partial charge >= 0.3 is 0 Å². The fourth-order valence-electron chi connectivity index (χ4n) is 8.79. The number of nitrogens with one attached hydrogen (secondary N) is 1. The third kappa shape index (κ3) is 5.37. The van der Waals surface area contributed by atoms with Crippen LogP contribution in [0.1, 0.15) is 22.2 Å². The SMILES string of the molecule is c1ccc(-c2ccc3cc(C4=NC(c5ccc(-c6ccc(-c7ccc8ccccc8c7)cc6)c6oc7ccccc7c56)Nc5c4sc4ccccc54)ccc3c2)cc1. The summed E-state index contributed by atoms with van der Waals surface area (Å²) in [5.41, 5.74) is 13.1. The molecular weight excluding hydrogens is 725 g/mol. The first kappa shape index (κ1) is 32.9. The van der Waals surface area contributed by atoms with Crippen LogP contribution in [0.25, 0.3) is 87.0 Å². The van der Waals surface area contributed by atoms with Crippen molar-refractivity contribution < 1.29 is 4.42 Å². The lowest BCUT2D eigenvalue weighted by Gasteiger charge is -2.25. The van der Waals surface area contributed by atoms with Gasteiger partial charge in [-0.1, -0.05) is 164 Å². The lowest BCUT2D eigenvalue weighted by atomic mass is 9.94. The second-order valence-corrected chi connectivity index (χ2v) is 16.2. The minimum atomic E-state index is -0.343. The summed E-state index contributed by atoms with van der Waals surface area (Å²) in [6.45, 7) is 0. The second-order valence-electron chi connectivity index (χ2n) is 15.1. The van der Waals surface area contributed by atoms with Gasteiger partial charge in [0.05, 0.1) is 16.3 Å². The third-order valence-electron chi connectivity index (χ3n) is 11.7. The number of fused-ring (bicyclic) bond motifs is 8. The van der Waals surface area contributed by atoms with E-state index in [0.29, 0.717) is 0 Å². The van der Waals surface area contributed by atoms with Crippen molar-refractivity contribution >= 4 is 76.3 Å². The monoisotopic (exact) mass is 758 g/mol. The number of benzene rings is 9. The first-order valence-electron chi connectivity index (χ1n) is 19.7. The maximum absolute atomic E-state index is 6.78. The van der Waals surface area contributed by atoms with Gasteiger partial charge in [-0.05, 0) is 79.7 Å². The molecule has 0 aliphatic carbocycles. The van der Waals surface area contributed by atoms with Gasteiger partial charge in [-0.25, -0.2) is 0 Å². The molecule has 1 atom stereocenters. The van der Waals surface area contributed by atoms with Crippen molar-refractivity contribution in [3.05, 3.63) is 210 Å². The Bertz CT molecular complexity index is 3430. The zero-order chi connectivity index (χ0) is 38.2. The van der Waals surface area contributed by atoms with E-state index in [-0.39, 0.29) is 6.17 Å². The van der Waals surface area contributed by atoms with Crippen molar-refractivity contribution in [2.24, 2.45) is 4.99 Å². The number of aliphatic imine (C=N–C) groups is 1. The highest BCUT2D eigenvalue weighted by Crippen LogP contribution is 2.46. The van der Waals surface area contributed by atoms with Crippen LogP contribution in [0.4, 0.5) is 5.69 Å². The lowest BCUT2D eigenvalue weighted by molar-refractivity contribution is 0.669. The average Bonchev–Trinajstić information content (AvgIpc) is 3.87. The Kier molecular flexibility index (Phi) is 7.47. The average molecular weight is 759 g/mol. The van der Waals surface area contributed by atoms with E-state index in [1.807, 2.05) is 6.07 Å². The fourth-order valence-corrected chi connectivity index (χ4v) is 9.97. The van der Waals surface area contributed by atoms with E-state index in [1.165, 1.54) is 53.9 Å². The molecule has 2 aromatic heterocycles. The number of hydrogen-bond donors (Lipinski definition) is 1. The predicted octanol–water partition coefficient (Wildman–Crippen LogP) is 15.1. The molecule has 0 spiro atoms. The summed E-state index contributed by atoms with van der Waals surface area (Å²) < 4.78 is 8.02. The molecule has 0 saturated heterocycles. The van der Waals surface area contributed by atoms with E-state index in [2.05, 4.69) is 193 Å². The van der Waals surface area contributed by atoms with Gasteiger partial charge in [0.15, 0.2) is 0 Å². The highest BCUT2D eigenvalue weighted by atomic mass is 32.1. The van der Waals surface area contributed by atoms with Gasteiger partial charge < -0.3 is 9.73 Å². The Morgan fingerprint density at radius 2 is 1.05 bits per heavy atom. The van der Waals surface area contributed by atoms with Crippen molar-refractivity contribution in [1.82, 2.24) is 0 Å². The summed E-state index contributed by atoms with van der Waals surface area (Å²) in [6.07, 6.45) is -0.343. The van der Waals surface area contributed by atoms with Crippen LogP contribution in [0.15, 0.2) is 204 Å². The maximum atomic E-state index is 6.78. The summed E-state index contributed by atoms with van der Waals surface area (Å²) in [5, 5.41) is 12.2. The van der Waals surface area contributed by atoms with Crippen LogP contribution >= 0.6 is 11.3 Å². The molecule has 272 valence electrons. The molecule has 0 bridgehead atoms. The standard InChI is InChI=1S/C54H34N2OS/c1-2-10-33(11-3-1)38-24-25-41-32-42(27-26-40(41)31-38)50-53-51(45-15-7-9-17-48(45)58-53)56-54(55-50)46-29-28-43(52-49(46)44-14-6-8-16-47(44)57-52)36-21-18-35(19-22-36)39-23-20-34-12-4-5-13-37(34)30-39/h1-32,54,56H. The van der Waals surface area contributed by atoms with Crippen molar-refractivity contribution in [3.8, 4) is 33.4 Å². The molecule has 11 aromatic rings. The summed E-state index contributed by atoms with van der Waals surface area (Å²) in [5.74, 6) is 0. The zero-order valence-electron chi connectivity index (χ0n) is 31.3. The zero-order valence-corrected chi connectivity index (χ0v) is 32.1. The normalized spacial score (nSPS) is 13.9. The molecule has 1 aliphatic rings. The molecule has 0 radical (unpaired) electrons. The fraction of sp³-hybridized carbons (Fsp3) is 0.0185. The van der Waals surface area contributed by atoms with Gasteiger partial charge in [0, 0.05) is 37.5 Å². The van der Waals surface area contributed by atoms with E-state index >= 15 is 0 Å². The lowest BCUT2D eigenvalue weighted by Crippen LogP contribution is -2.19. The molecule has 3 heterocycles. The van der Waals surface area contributed by atoms with Crippen molar-refractivity contribution in [2.75, 3.05) is 5.32 Å². The molecule has 12 rings (SSSR count). The summed E-state index contributed by atoms with van der Waals surface area (Å²) in [7, 11) is 0. The molecule has 0 amide bonds. The van der Waals surface area contributed by atoms with Gasteiger partial charge in [-0.3, -0.25) is 4.99 Å². The van der Waals surface area contributed by atoms with Gasteiger partial charge in [-0.2, -0.15) is 0 Å². The third-order valence-corrected chi connectivity index (χ3v) is 12.9. The molecular formula is C54H34N2OS. The van der Waals surface area contributed by atoms with Gasteiger partial charge in [0.1, 0.15) is 17.3 Å². The number of anilines is 1. The second kappa shape index (κ2) is 13.2. The maximum Gasteiger partial charge on any atom is 0.146 e. The number of hydrogen-bond acceptors (Lipinski definition) is 4. The topological polar surface area (TPSA) is 37.5 Å². The Labute approximate surface area is 339 Å². The molecule has 0 fully saturated rings. The molecule has 1 N–H and O–H groups in total. The molecule has 0 saturated carbocycles. The van der Waals surface area contributed by atoms with Crippen LogP contribution in [0.5, 0.6) is 0 Å². The van der Waals surface area contributed by atoms with Crippen molar-refractivity contribution in [1.29, 1.82) is 0 Å². The molecule has 4 heteroatoms. The minimum Gasteiger partial charge on any atom is -0.455 e. The minimum absolute atomic E-state index is 0.343. The number of rotatable bonds is 5. The van der Waals surface area contributed by atoms with E-state index < -0.39 is 0 Å². The van der Waals surface area contributed by atoms with E-state index in [1.54, 1.807) is 11.3 Å². The smallest absolute Gasteiger partial charge is 0.146 e. The molecule has 3 nitrogen and oxygen atoms in total. The van der Waals surface area contributed by atoms with Crippen LogP contribution in [0, 0.1) is 0 Å². The highest BCUT2D eigenvalue weighted by molar-refractivity contribution is 7.22. The number of para-hydroxylation sites is 1. The molecule has 1 aliphatic heterocycles. The summed E-state index contributed by atoms with van der Waals surface area (Å²) in [6, 6.07) is 69.7. The molecule has 1 unspecified atom stereocenters. The van der Waals surface area contributed by atoms with Gasteiger partial charge in [0.2, 0.25) is 0 Å². The van der Waals surface area contributed by atoms with Crippen molar-refractivity contribution in [3.63, 3.8) is 0 Å². The summed E-state index contributed by atoms with van der Waals surface area (Å²) in [4.78, 5) is 6.77. The number of nitrogens with zero attached hydrogens (tertiary/aromatic N) is 1. The summed E-state index contributed by atoms with van der Waals surface area (Å²) >= 11 is 1.80. The van der Waals surface area contributed by atoms with Crippen LogP contribution in [0.3, 0.4) is 0 Å². The van der Waals surface area contributed by atoms with Gasteiger partial charge in [-0.15, -0.1) is 11.3 Å². The van der Waals surface area contributed by atoms with E-state index in [4.69, 9.17) is 9.41 Å². The molecule has 9 aromatic carbocycles. The number of thiophene rings is 1. The van der Waals surface area contributed by atoms with Crippen molar-refractivity contribution in [2.45, 2.75) is 6.17 Å². The van der Waals surface area contributed by atoms with Crippen LogP contribution in [-0.4, -0.2) is 5.71 Å². The van der Waals surface area contributed by atoms with Crippen LogP contribution in [-0.2, 0) is 0 Å². The van der Waals surface area contributed by atoms with E-state index in [9.17, 15) is 0 Å². The quantitative estimate of drug-likeness (QED) is 0.190. The first-order valence-corrected chi connectivity index (χ1v) is 20.5. The predicted molar refractivity (Wildman–Crippen MR) is 245 cm³/mol. The largest absolute Gasteiger partial charge is 0.455 e. The van der Waals surface area contributed by atoms with Crippen LogP contribution < -0.4 is 5.32 Å². The Morgan fingerprint density at radius 1 is 0.466 bits per heavy atom.